The molecule has 0 bridgehead atoms. The quantitative estimate of drug-likeness (QED) is 0.429. The predicted molar refractivity (Wildman–Crippen MR) is 141 cm³/mol. The minimum absolute atomic E-state index is 0.00623. The van der Waals surface area contributed by atoms with Gasteiger partial charge in [-0.2, -0.15) is 0 Å². The highest BCUT2D eigenvalue weighted by Crippen LogP contribution is 2.45. The zero-order chi connectivity index (χ0) is 26.2. The molecule has 8 nitrogen and oxygen atoms in total. The Morgan fingerprint density at radius 3 is 2.76 bits per heavy atom. The molecule has 2 aliphatic carbocycles. The first-order valence-corrected chi connectivity index (χ1v) is 14.1. The highest BCUT2D eigenvalue weighted by Gasteiger charge is 2.52. The molecule has 5 rings (SSSR count). The van der Waals surface area contributed by atoms with Gasteiger partial charge in [0.25, 0.3) is 5.91 Å². The van der Waals surface area contributed by atoms with Crippen LogP contribution in [0.25, 0.3) is 0 Å². The van der Waals surface area contributed by atoms with Crippen molar-refractivity contribution in [1.82, 2.24) is 0 Å². The molecule has 200 valence electrons. The van der Waals surface area contributed by atoms with Gasteiger partial charge in [0, 0.05) is 22.8 Å². The zero-order valence-electron chi connectivity index (χ0n) is 21.6. The summed E-state index contributed by atoms with van der Waals surface area (Å²) in [5.74, 6) is -0.0980. The van der Waals surface area contributed by atoms with E-state index >= 15 is 0 Å². The number of quaternary nitrogens is 1. The fraction of sp³-hybridized carbons (Fsp3) is 0.571. The summed E-state index contributed by atoms with van der Waals surface area (Å²) in [4.78, 5) is 28.3. The van der Waals surface area contributed by atoms with Gasteiger partial charge in [0.05, 0.1) is 31.9 Å². The standard InChI is InChI=1S/C28H36N2O6S/c1-35-21-15-17(10-11-20(21)31)25-19-8-5-6-12-28(19,34)13-14-30(25)16-23(32)29-26-24(27(33)36-2)18-7-3-4-9-22(18)37-26/h10-11,15,19,25,31,34H,3-9,12-14,16H2,1-2H3,(H,29,32)/p+1/t19-,25+,28-/m1/s1. The van der Waals surface area contributed by atoms with Crippen LogP contribution in [0.5, 0.6) is 11.5 Å². The average molecular weight is 530 g/mol. The number of ether oxygens (including phenoxy) is 2. The molecule has 2 heterocycles. The van der Waals surface area contributed by atoms with E-state index in [0.29, 0.717) is 29.3 Å². The van der Waals surface area contributed by atoms with Gasteiger partial charge in [-0.1, -0.05) is 12.8 Å². The largest absolute Gasteiger partial charge is 0.504 e. The van der Waals surface area contributed by atoms with Crippen LogP contribution in [0.4, 0.5) is 5.00 Å². The molecule has 0 radical (unpaired) electrons. The van der Waals surface area contributed by atoms with Gasteiger partial charge in [0.15, 0.2) is 18.0 Å². The van der Waals surface area contributed by atoms with Crippen LogP contribution in [0.2, 0.25) is 0 Å². The number of anilines is 1. The van der Waals surface area contributed by atoms with Crippen molar-refractivity contribution in [2.75, 3.05) is 32.6 Å². The van der Waals surface area contributed by atoms with Crippen LogP contribution >= 0.6 is 11.3 Å². The Bertz CT molecular complexity index is 1180. The summed E-state index contributed by atoms with van der Waals surface area (Å²) in [7, 11) is 2.90. The number of aromatic hydroxyl groups is 1. The molecule has 37 heavy (non-hydrogen) atoms. The van der Waals surface area contributed by atoms with E-state index in [0.717, 1.165) is 72.3 Å². The minimum atomic E-state index is -0.751. The molecule has 2 aromatic rings. The summed E-state index contributed by atoms with van der Waals surface area (Å²) < 4.78 is 10.4. The third-order valence-corrected chi connectivity index (χ3v) is 9.76. The number of nitrogens with one attached hydrogen (secondary N) is 2. The van der Waals surface area contributed by atoms with E-state index in [1.54, 1.807) is 6.07 Å². The Hall–Kier alpha value is -2.62. The molecule has 1 saturated carbocycles. The first-order chi connectivity index (χ1) is 17.8. The number of carbonyl (C=O) groups is 2. The van der Waals surface area contributed by atoms with Crippen molar-refractivity contribution in [1.29, 1.82) is 0 Å². The van der Waals surface area contributed by atoms with Crippen LogP contribution in [-0.4, -0.2) is 55.0 Å². The number of thiophene rings is 1. The molecule has 1 unspecified atom stereocenters. The molecule has 4 N–H and O–H groups in total. The maximum Gasteiger partial charge on any atom is 0.341 e. The van der Waals surface area contributed by atoms with Crippen LogP contribution in [0.3, 0.4) is 0 Å². The summed E-state index contributed by atoms with van der Waals surface area (Å²) in [6.45, 7) is 0.864. The average Bonchev–Trinajstić information content (AvgIpc) is 3.26. The van der Waals surface area contributed by atoms with Gasteiger partial charge in [-0.15, -0.1) is 11.3 Å². The second-order valence-electron chi connectivity index (χ2n) is 10.7. The number of amides is 1. The van der Waals surface area contributed by atoms with Gasteiger partial charge >= 0.3 is 5.97 Å². The van der Waals surface area contributed by atoms with Crippen LogP contribution in [0, 0.1) is 5.92 Å². The number of carbonyl (C=O) groups excluding carboxylic acids is 2. The highest BCUT2D eigenvalue weighted by molar-refractivity contribution is 7.17. The second-order valence-corrected chi connectivity index (χ2v) is 11.8. The molecule has 0 spiro atoms. The van der Waals surface area contributed by atoms with E-state index in [2.05, 4.69) is 5.32 Å². The second kappa shape index (κ2) is 10.6. The third kappa shape index (κ3) is 4.96. The van der Waals surface area contributed by atoms with Crippen molar-refractivity contribution in [3.8, 4) is 11.5 Å². The van der Waals surface area contributed by atoms with Gasteiger partial charge in [-0.25, -0.2) is 4.79 Å². The number of hydrogen-bond donors (Lipinski definition) is 4. The number of aryl methyl sites for hydroxylation is 1. The minimum Gasteiger partial charge on any atom is -0.504 e. The van der Waals surface area contributed by atoms with E-state index in [1.165, 1.54) is 25.6 Å². The molecule has 9 heteroatoms. The predicted octanol–water partition coefficient (Wildman–Crippen LogP) is 3.02. The first kappa shape index (κ1) is 26.0. The van der Waals surface area contributed by atoms with Gasteiger partial charge in [-0.05, 0) is 62.3 Å². The van der Waals surface area contributed by atoms with E-state index in [4.69, 9.17) is 9.47 Å². The number of hydrogen-bond acceptors (Lipinski definition) is 7. The van der Waals surface area contributed by atoms with Crippen LogP contribution < -0.4 is 15.0 Å². The Morgan fingerprint density at radius 2 is 1.97 bits per heavy atom. The lowest BCUT2D eigenvalue weighted by Gasteiger charge is -2.50. The molecule has 4 atom stereocenters. The molecular formula is C28H37N2O6S+. The first-order valence-electron chi connectivity index (χ1n) is 13.3. The Labute approximate surface area is 221 Å². The van der Waals surface area contributed by atoms with Gasteiger partial charge in [0.2, 0.25) is 0 Å². The van der Waals surface area contributed by atoms with Gasteiger partial charge < -0.3 is 29.9 Å². The van der Waals surface area contributed by atoms with Crippen molar-refractivity contribution in [3.05, 3.63) is 39.8 Å². The highest BCUT2D eigenvalue weighted by atomic mass is 32.1. The number of piperidine rings is 1. The molecular weight excluding hydrogens is 492 g/mol. The lowest BCUT2D eigenvalue weighted by Crippen LogP contribution is -3.16. The van der Waals surface area contributed by atoms with Crippen molar-refractivity contribution in [3.63, 3.8) is 0 Å². The number of esters is 1. The summed E-state index contributed by atoms with van der Waals surface area (Å²) in [6.07, 6.45) is 8.22. The third-order valence-electron chi connectivity index (χ3n) is 8.55. The molecule has 1 saturated heterocycles. The lowest BCUT2D eigenvalue weighted by atomic mass is 9.66. The summed E-state index contributed by atoms with van der Waals surface area (Å²) >= 11 is 1.49. The number of methoxy groups -OCH3 is 2. The molecule has 1 aliphatic heterocycles. The number of aliphatic hydroxyl groups is 1. The lowest BCUT2D eigenvalue weighted by molar-refractivity contribution is -0.937. The number of rotatable bonds is 6. The zero-order valence-corrected chi connectivity index (χ0v) is 22.4. The number of likely N-dealkylation sites (tertiary alicyclic amines) is 1. The number of benzene rings is 1. The monoisotopic (exact) mass is 529 g/mol. The Morgan fingerprint density at radius 1 is 1.16 bits per heavy atom. The molecule has 1 amide bonds. The van der Waals surface area contributed by atoms with E-state index in [1.807, 2.05) is 12.1 Å². The maximum absolute atomic E-state index is 13.4. The SMILES string of the molecule is COC(=O)c1c(NC(=O)C[NH+]2CC[C@]3(O)CCCC[C@@H]3[C@@H]2c2ccc(O)c(OC)c2)sc2c1CCCC2. The van der Waals surface area contributed by atoms with Crippen molar-refractivity contribution >= 4 is 28.2 Å². The van der Waals surface area contributed by atoms with Crippen molar-refractivity contribution in [2.45, 2.75) is 69.4 Å². The summed E-state index contributed by atoms with van der Waals surface area (Å²) in [5, 5.41) is 25.4. The molecule has 1 aromatic carbocycles. The normalized spacial score (nSPS) is 27.1. The maximum atomic E-state index is 13.4. The van der Waals surface area contributed by atoms with Gasteiger partial charge in [-0.3, -0.25) is 4.79 Å². The smallest absolute Gasteiger partial charge is 0.341 e. The topological polar surface area (TPSA) is 110 Å². The summed E-state index contributed by atoms with van der Waals surface area (Å²) in [5.41, 5.74) is 1.72. The molecule has 2 fully saturated rings. The molecule has 1 aromatic heterocycles. The van der Waals surface area contributed by atoms with Crippen LogP contribution in [-0.2, 0) is 22.4 Å². The Balaban J connectivity index is 1.42. The summed E-state index contributed by atoms with van der Waals surface area (Å²) in [6, 6.07) is 5.22. The van der Waals surface area contributed by atoms with Crippen LogP contribution in [0.15, 0.2) is 18.2 Å². The van der Waals surface area contributed by atoms with Gasteiger partial charge in [0.1, 0.15) is 11.0 Å². The number of phenolic OH excluding ortho intramolecular Hbond substituents is 1. The fourth-order valence-electron chi connectivity index (χ4n) is 6.76. The van der Waals surface area contributed by atoms with Crippen molar-refractivity contribution < 1.29 is 34.2 Å². The Kier molecular flexibility index (Phi) is 7.47. The fourth-order valence-corrected chi connectivity index (χ4v) is 8.05. The van der Waals surface area contributed by atoms with Crippen LogP contribution in [0.1, 0.15) is 77.3 Å². The number of fused-ring (bicyclic) bond motifs is 2. The molecule has 3 aliphatic rings. The van der Waals surface area contributed by atoms with E-state index in [9.17, 15) is 19.8 Å². The van der Waals surface area contributed by atoms with E-state index in [-0.39, 0.29) is 30.2 Å². The van der Waals surface area contributed by atoms with E-state index < -0.39 is 11.6 Å². The number of phenols is 1. The van der Waals surface area contributed by atoms with Crippen molar-refractivity contribution in [2.24, 2.45) is 5.92 Å².